The van der Waals surface area contributed by atoms with Gasteiger partial charge in [-0.25, -0.2) is 4.21 Å². The Balaban J connectivity index is 2.36. The van der Waals surface area contributed by atoms with Crippen LogP contribution in [-0.4, -0.2) is 40.2 Å². The highest BCUT2D eigenvalue weighted by atomic mass is 32.2. The van der Waals surface area contributed by atoms with Gasteiger partial charge in [-0.05, 0) is 5.92 Å². The van der Waals surface area contributed by atoms with Crippen molar-refractivity contribution in [1.82, 2.24) is 4.90 Å². The van der Waals surface area contributed by atoms with E-state index in [1.165, 1.54) is 0 Å². The summed E-state index contributed by atoms with van der Waals surface area (Å²) in [6.45, 7) is 7.15. The van der Waals surface area contributed by atoms with E-state index in [2.05, 4.69) is 18.7 Å². The molecule has 1 heterocycles. The maximum atomic E-state index is 11.3. The molecule has 0 aromatic carbocycles. The molecular weight excluding hydrogens is 172 g/mol. The van der Waals surface area contributed by atoms with Gasteiger partial charge in [0.2, 0.25) is 0 Å². The van der Waals surface area contributed by atoms with Crippen molar-refractivity contribution in [3.8, 4) is 0 Å². The van der Waals surface area contributed by atoms with Crippen molar-refractivity contribution in [2.24, 2.45) is 5.92 Å². The van der Waals surface area contributed by atoms with Crippen LogP contribution in [-0.2, 0) is 9.73 Å². The molecule has 0 saturated carbocycles. The predicted octanol–water partition coefficient (Wildman–Crippen LogP) is 1.00. The molecule has 1 fully saturated rings. The molecule has 72 valence electrons. The summed E-state index contributed by atoms with van der Waals surface area (Å²) < 4.78 is 18.7. The molecule has 1 aliphatic heterocycles. The van der Waals surface area contributed by atoms with Crippen LogP contribution in [0.3, 0.4) is 0 Å². The Bertz CT molecular complexity index is 219. The monoisotopic (exact) mass is 190 g/mol. The van der Waals surface area contributed by atoms with Crippen molar-refractivity contribution >= 4 is 9.73 Å². The average Bonchev–Trinajstić information content (AvgIpc) is 1.93. The van der Waals surface area contributed by atoms with Crippen LogP contribution in [0.1, 0.15) is 13.8 Å². The first-order valence-electron chi connectivity index (χ1n) is 4.46. The van der Waals surface area contributed by atoms with E-state index in [4.69, 9.17) is 4.78 Å². The average molecular weight is 190 g/mol. The normalized spacial score (nSPS) is 24.6. The maximum Gasteiger partial charge on any atom is 0.0466 e. The molecule has 0 aromatic rings. The molecule has 3 nitrogen and oxygen atoms in total. The molecule has 12 heavy (non-hydrogen) atoms. The lowest BCUT2D eigenvalue weighted by atomic mass is 10.2. The second-order valence-electron chi connectivity index (χ2n) is 3.91. The van der Waals surface area contributed by atoms with Crippen molar-refractivity contribution in [3.05, 3.63) is 0 Å². The van der Waals surface area contributed by atoms with E-state index in [0.29, 0.717) is 17.4 Å². The van der Waals surface area contributed by atoms with Crippen molar-refractivity contribution < 1.29 is 4.21 Å². The van der Waals surface area contributed by atoms with Crippen LogP contribution in [0, 0.1) is 10.7 Å². The molecule has 0 radical (unpaired) electrons. The quantitative estimate of drug-likeness (QED) is 0.706. The highest BCUT2D eigenvalue weighted by Crippen LogP contribution is 2.06. The molecule has 0 spiro atoms. The third kappa shape index (κ3) is 3.11. The number of hydrogen-bond donors (Lipinski definition) is 1. The van der Waals surface area contributed by atoms with E-state index in [-0.39, 0.29) is 0 Å². The smallest absolute Gasteiger partial charge is 0.0466 e. The molecule has 0 amide bonds. The number of rotatable bonds is 2. The van der Waals surface area contributed by atoms with Crippen LogP contribution in [0.2, 0.25) is 0 Å². The summed E-state index contributed by atoms with van der Waals surface area (Å²) >= 11 is 0. The molecule has 0 aliphatic carbocycles. The van der Waals surface area contributed by atoms with Crippen LogP contribution in [0.4, 0.5) is 0 Å². The Morgan fingerprint density at radius 3 is 2.33 bits per heavy atom. The summed E-state index contributed by atoms with van der Waals surface area (Å²) in [5, 5.41) is 0. The lowest BCUT2D eigenvalue weighted by Gasteiger charge is -2.29. The fraction of sp³-hybridized carbons (Fsp3) is 1.00. The van der Waals surface area contributed by atoms with E-state index < -0.39 is 9.73 Å². The lowest BCUT2D eigenvalue weighted by Crippen LogP contribution is -2.41. The van der Waals surface area contributed by atoms with Crippen LogP contribution in [0.5, 0.6) is 0 Å². The highest BCUT2D eigenvalue weighted by molar-refractivity contribution is 7.92. The summed E-state index contributed by atoms with van der Waals surface area (Å²) in [6.07, 6.45) is 0. The molecule has 0 atom stereocenters. The number of hydrogen-bond acceptors (Lipinski definition) is 3. The van der Waals surface area contributed by atoms with Gasteiger partial charge < -0.3 is 4.90 Å². The van der Waals surface area contributed by atoms with Crippen LogP contribution >= 0.6 is 0 Å². The Labute approximate surface area is 75.1 Å². The summed E-state index contributed by atoms with van der Waals surface area (Å²) in [5.74, 6) is 1.81. The Morgan fingerprint density at radius 1 is 1.42 bits per heavy atom. The van der Waals surface area contributed by atoms with E-state index >= 15 is 0 Å². The highest BCUT2D eigenvalue weighted by Gasteiger charge is 2.18. The van der Waals surface area contributed by atoms with E-state index in [1.807, 2.05) is 0 Å². The van der Waals surface area contributed by atoms with Gasteiger partial charge in [-0.1, -0.05) is 13.8 Å². The number of nitrogens with one attached hydrogen (secondary N) is 1. The SMILES string of the molecule is CC(C)CN1CCS(=N)(=O)CC1. The lowest BCUT2D eigenvalue weighted by molar-refractivity contribution is 0.265. The summed E-state index contributed by atoms with van der Waals surface area (Å²) in [6, 6.07) is 0. The first kappa shape index (κ1) is 9.99. The Morgan fingerprint density at radius 2 is 1.92 bits per heavy atom. The minimum absolute atomic E-state index is 0.569. The molecule has 0 aromatic heterocycles. The van der Waals surface area contributed by atoms with Gasteiger partial charge in [-0.3, -0.25) is 4.78 Å². The fourth-order valence-corrected chi connectivity index (χ4v) is 2.78. The van der Waals surface area contributed by atoms with E-state index in [0.717, 1.165) is 19.6 Å². The van der Waals surface area contributed by atoms with Crippen LogP contribution in [0.25, 0.3) is 0 Å². The van der Waals surface area contributed by atoms with Gasteiger partial charge >= 0.3 is 0 Å². The minimum Gasteiger partial charge on any atom is -0.301 e. The van der Waals surface area contributed by atoms with Crippen molar-refractivity contribution in [3.63, 3.8) is 0 Å². The summed E-state index contributed by atoms with van der Waals surface area (Å²) in [4.78, 5) is 2.31. The third-order valence-corrected chi connectivity index (χ3v) is 3.78. The fourth-order valence-electron chi connectivity index (χ4n) is 1.47. The summed E-state index contributed by atoms with van der Waals surface area (Å²) in [7, 11) is -2.19. The third-order valence-electron chi connectivity index (χ3n) is 2.10. The molecule has 1 N–H and O–H groups in total. The van der Waals surface area contributed by atoms with Gasteiger partial charge in [0.1, 0.15) is 0 Å². The standard InChI is InChI=1S/C8H18N2OS/c1-8(2)7-10-3-5-12(9,11)6-4-10/h8-9H,3-7H2,1-2H3. The molecule has 0 unspecified atom stereocenters. The molecular formula is C8H18N2OS. The first-order valence-corrected chi connectivity index (χ1v) is 6.36. The van der Waals surface area contributed by atoms with Gasteiger partial charge in [0, 0.05) is 40.9 Å². The molecule has 1 saturated heterocycles. The largest absolute Gasteiger partial charge is 0.301 e. The minimum atomic E-state index is -2.19. The Hall–Kier alpha value is -0.0900. The van der Waals surface area contributed by atoms with Crippen molar-refractivity contribution in [2.45, 2.75) is 13.8 Å². The second-order valence-corrected chi connectivity index (χ2v) is 6.35. The maximum absolute atomic E-state index is 11.3. The number of nitrogens with zero attached hydrogens (tertiary/aromatic N) is 1. The second kappa shape index (κ2) is 3.75. The zero-order valence-electron chi connectivity index (χ0n) is 7.88. The van der Waals surface area contributed by atoms with Gasteiger partial charge in [0.05, 0.1) is 0 Å². The van der Waals surface area contributed by atoms with Crippen LogP contribution in [0.15, 0.2) is 0 Å². The molecule has 0 bridgehead atoms. The van der Waals surface area contributed by atoms with E-state index in [1.54, 1.807) is 0 Å². The molecule has 1 rings (SSSR count). The van der Waals surface area contributed by atoms with Gasteiger partial charge in [-0.2, -0.15) is 0 Å². The van der Waals surface area contributed by atoms with Gasteiger partial charge in [0.15, 0.2) is 0 Å². The predicted molar refractivity (Wildman–Crippen MR) is 51.9 cm³/mol. The van der Waals surface area contributed by atoms with Crippen molar-refractivity contribution in [2.75, 3.05) is 31.1 Å². The summed E-state index contributed by atoms with van der Waals surface area (Å²) in [5.41, 5.74) is 0. The molecule has 1 aliphatic rings. The zero-order chi connectivity index (χ0) is 9.19. The molecule has 4 heteroatoms. The first-order chi connectivity index (χ1) is 5.49. The van der Waals surface area contributed by atoms with E-state index in [9.17, 15) is 4.21 Å². The van der Waals surface area contributed by atoms with Crippen LogP contribution < -0.4 is 0 Å². The van der Waals surface area contributed by atoms with Gasteiger partial charge in [0.25, 0.3) is 0 Å². The van der Waals surface area contributed by atoms with Crippen molar-refractivity contribution in [1.29, 1.82) is 4.78 Å². The van der Waals surface area contributed by atoms with Gasteiger partial charge in [-0.15, -0.1) is 0 Å². The zero-order valence-corrected chi connectivity index (χ0v) is 8.69. The topological polar surface area (TPSA) is 44.2 Å². The Kier molecular flexibility index (Phi) is 3.12.